The molecule has 0 aliphatic rings. The first-order valence-electron chi connectivity index (χ1n) is 7.17. The second-order valence-electron chi connectivity index (χ2n) is 4.54. The quantitative estimate of drug-likeness (QED) is 0.174. The molecule has 22 heavy (non-hydrogen) atoms. The number of aliphatic carboxylic acids is 1. The highest BCUT2D eigenvalue weighted by Crippen LogP contribution is 1.92. The Balaban J connectivity index is -0.000000266. The fourth-order valence-electron chi connectivity index (χ4n) is 0.972. The van der Waals surface area contributed by atoms with Gasteiger partial charge in [0.05, 0.1) is 0 Å². The number of carboxylic acids is 1. The van der Waals surface area contributed by atoms with Crippen LogP contribution in [-0.4, -0.2) is 35.9 Å². The lowest BCUT2D eigenvalue weighted by Crippen LogP contribution is -2.48. The third-order valence-electron chi connectivity index (χ3n) is 1.79. The van der Waals surface area contributed by atoms with E-state index in [1.807, 2.05) is 6.92 Å². The first kappa shape index (κ1) is 25.1. The van der Waals surface area contributed by atoms with Gasteiger partial charge in [-0.05, 0) is 12.8 Å². The molecule has 0 aliphatic carbocycles. The van der Waals surface area contributed by atoms with Crippen LogP contribution in [0, 0.1) is 0 Å². The SMILES string of the molecule is C=C(C)[O-].CCCC(=O)CC(=O)O.CCCCOCC(N)=[NH2+]. The van der Waals surface area contributed by atoms with Crippen molar-refractivity contribution in [1.29, 1.82) is 0 Å². The predicted molar refractivity (Wildman–Crippen MR) is 83.8 cm³/mol. The van der Waals surface area contributed by atoms with Crippen LogP contribution in [0.5, 0.6) is 0 Å². The lowest BCUT2D eigenvalue weighted by Gasteiger charge is -1.96. The fourth-order valence-corrected chi connectivity index (χ4v) is 0.972. The highest BCUT2D eigenvalue weighted by atomic mass is 16.5. The fraction of sp³-hybridized carbons (Fsp3) is 0.667. The highest BCUT2D eigenvalue weighted by Gasteiger charge is 2.04. The molecule has 0 aromatic carbocycles. The number of hydrogen-bond donors (Lipinski definition) is 3. The number of amidine groups is 1. The minimum absolute atomic E-state index is 0.0833. The normalized spacial score (nSPS) is 8.68. The molecule has 7 heteroatoms. The zero-order valence-electron chi connectivity index (χ0n) is 13.9. The van der Waals surface area contributed by atoms with Crippen LogP contribution in [-0.2, 0) is 14.3 Å². The van der Waals surface area contributed by atoms with Gasteiger partial charge >= 0.3 is 5.97 Å². The van der Waals surface area contributed by atoms with Crippen molar-refractivity contribution in [2.75, 3.05) is 13.2 Å². The van der Waals surface area contributed by atoms with Crippen LogP contribution in [0.15, 0.2) is 12.3 Å². The smallest absolute Gasteiger partial charge is 0.310 e. The number of ether oxygens (including phenoxy) is 1. The van der Waals surface area contributed by atoms with E-state index in [0.29, 0.717) is 18.9 Å². The number of hydrogen-bond acceptors (Lipinski definition) is 4. The molecule has 5 N–H and O–H groups in total. The number of allylic oxidation sites excluding steroid dienone is 1. The molecule has 0 aromatic heterocycles. The van der Waals surface area contributed by atoms with Crippen LogP contribution in [0.25, 0.3) is 0 Å². The molecule has 130 valence electrons. The molecule has 0 atom stereocenters. The monoisotopic (exact) mass is 318 g/mol. The number of ketones is 1. The van der Waals surface area contributed by atoms with E-state index >= 15 is 0 Å². The maximum Gasteiger partial charge on any atom is 0.310 e. The minimum Gasteiger partial charge on any atom is -0.876 e. The van der Waals surface area contributed by atoms with E-state index in [0.717, 1.165) is 25.9 Å². The lowest BCUT2D eigenvalue weighted by molar-refractivity contribution is -0.300. The second kappa shape index (κ2) is 19.1. The van der Waals surface area contributed by atoms with Gasteiger partial charge in [-0.1, -0.05) is 27.2 Å². The van der Waals surface area contributed by atoms with E-state index in [9.17, 15) is 14.7 Å². The van der Waals surface area contributed by atoms with Crippen molar-refractivity contribution in [2.45, 2.75) is 52.9 Å². The molecule has 7 nitrogen and oxygen atoms in total. The number of carbonyl (C=O) groups is 2. The summed E-state index contributed by atoms with van der Waals surface area (Å²) in [5, 5.41) is 22.6. The van der Waals surface area contributed by atoms with Crippen molar-refractivity contribution in [1.82, 2.24) is 0 Å². The third kappa shape index (κ3) is 43.0. The molecule has 0 fully saturated rings. The van der Waals surface area contributed by atoms with Crippen molar-refractivity contribution < 1.29 is 29.9 Å². The summed E-state index contributed by atoms with van der Waals surface area (Å²) < 4.78 is 5.05. The standard InChI is InChI=1S/C6H14N2O.C6H10O3.C3H6O/c1-2-3-4-9-5-6(7)8;1-2-3-5(7)4-6(8)9;1-3(2)4/h2-5H2,1H3,(H3,7,8);2-4H2,1H3,(H,8,9);4H,1H2,2H3. The van der Waals surface area contributed by atoms with Gasteiger partial charge in [-0.2, -0.15) is 0 Å². The molecule has 0 unspecified atom stereocenters. The molecular formula is C15H30N2O5. The van der Waals surface area contributed by atoms with E-state index in [-0.39, 0.29) is 18.0 Å². The van der Waals surface area contributed by atoms with Gasteiger partial charge in [-0.15, -0.1) is 12.3 Å². The van der Waals surface area contributed by atoms with Crippen LogP contribution in [0.4, 0.5) is 0 Å². The van der Waals surface area contributed by atoms with Crippen LogP contribution < -0.4 is 16.2 Å². The Bertz CT molecular complexity index is 326. The largest absolute Gasteiger partial charge is 0.876 e. The van der Waals surface area contributed by atoms with Gasteiger partial charge in [0.2, 0.25) is 0 Å². The number of carbonyl (C=O) groups excluding carboxylic acids is 1. The molecule has 0 saturated carbocycles. The summed E-state index contributed by atoms with van der Waals surface area (Å²) in [4.78, 5) is 20.3. The predicted octanol–water partition coefficient (Wildman–Crippen LogP) is -0.370. The Morgan fingerprint density at radius 3 is 2.14 bits per heavy atom. The molecular weight excluding hydrogens is 288 g/mol. The third-order valence-corrected chi connectivity index (χ3v) is 1.79. The summed E-state index contributed by atoms with van der Waals surface area (Å²) in [7, 11) is 0. The Kier molecular flexibility index (Phi) is 21.8. The average molecular weight is 318 g/mol. The topological polar surface area (TPSA) is 138 Å². The molecule has 0 aromatic rings. The molecule has 0 spiro atoms. The van der Waals surface area contributed by atoms with E-state index in [1.54, 1.807) is 0 Å². The molecule has 0 heterocycles. The van der Waals surface area contributed by atoms with Gasteiger partial charge in [0.25, 0.3) is 5.84 Å². The summed E-state index contributed by atoms with van der Waals surface area (Å²) in [5.41, 5.74) is 5.14. The van der Waals surface area contributed by atoms with Crippen molar-refractivity contribution in [3.63, 3.8) is 0 Å². The molecule has 0 aliphatic heterocycles. The van der Waals surface area contributed by atoms with Gasteiger partial charge in [0, 0.05) is 13.0 Å². The summed E-state index contributed by atoms with van der Waals surface area (Å²) >= 11 is 0. The maximum atomic E-state index is 10.5. The Labute approximate surface area is 132 Å². The molecule has 0 bridgehead atoms. The number of unbranched alkanes of at least 4 members (excludes halogenated alkanes) is 1. The molecule has 0 amide bonds. The molecule has 0 rings (SSSR count). The van der Waals surface area contributed by atoms with Crippen molar-refractivity contribution in [3.05, 3.63) is 12.3 Å². The first-order chi connectivity index (χ1) is 10.2. The minimum atomic E-state index is -1.03. The van der Waals surface area contributed by atoms with Crippen molar-refractivity contribution >= 4 is 17.6 Å². The van der Waals surface area contributed by atoms with Crippen LogP contribution in [0.1, 0.15) is 52.9 Å². The Morgan fingerprint density at radius 1 is 1.32 bits per heavy atom. The zero-order valence-corrected chi connectivity index (χ0v) is 13.9. The lowest BCUT2D eigenvalue weighted by atomic mass is 10.2. The average Bonchev–Trinajstić information content (AvgIpc) is 2.34. The van der Waals surface area contributed by atoms with E-state index in [1.165, 1.54) is 6.92 Å². The van der Waals surface area contributed by atoms with Gasteiger partial charge < -0.3 is 14.9 Å². The number of nitrogens with two attached hydrogens (primary N) is 2. The van der Waals surface area contributed by atoms with Crippen LogP contribution >= 0.6 is 0 Å². The number of rotatable bonds is 9. The first-order valence-corrected chi connectivity index (χ1v) is 7.17. The van der Waals surface area contributed by atoms with Gasteiger partial charge in [0.15, 0.2) is 0 Å². The summed E-state index contributed by atoms with van der Waals surface area (Å²) in [6.07, 6.45) is 3.00. The number of carboxylic acid groups (broad SMARTS) is 1. The van der Waals surface area contributed by atoms with Crippen molar-refractivity contribution in [3.8, 4) is 0 Å². The van der Waals surface area contributed by atoms with E-state index in [4.69, 9.17) is 21.0 Å². The van der Waals surface area contributed by atoms with Crippen molar-refractivity contribution in [2.24, 2.45) is 5.73 Å². The Hall–Kier alpha value is -1.89. The molecule has 0 saturated heterocycles. The summed E-state index contributed by atoms with van der Waals surface area (Å²) in [6.45, 7) is 9.52. The van der Waals surface area contributed by atoms with Crippen LogP contribution in [0.3, 0.4) is 0 Å². The van der Waals surface area contributed by atoms with Gasteiger partial charge in [-0.25, -0.2) is 0 Å². The zero-order chi connectivity index (χ0) is 18.0. The van der Waals surface area contributed by atoms with Crippen LogP contribution in [0.2, 0.25) is 0 Å². The van der Waals surface area contributed by atoms with Gasteiger partial charge in [0.1, 0.15) is 18.8 Å². The summed E-state index contributed by atoms with van der Waals surface area (Å²) in [5.74, 6) is -0.954. The van der Waals surface area contributed by atoms with E-state index in [2.05, 4.69) is 13.5 Å². The maximum absolute atomic E-state index is 10.5. The second-order valence-corrected chi connectivity index (χ2v) is 4.54. The number of Topliss-reactive ketones (excluding diaryl/α,β-unsaturated/α-hetero) is 1. The highest BCUT2D eigenvalue weighted by molar-refractivity contribution is 5.94. The molecule has 0 radical (unpaired) electrons. The van der Waals surface area contributed by atoms with Gasteiger partial charge in [-0.3, -0.25) is 20.7 Å². The summed E-state index contributed by atoms with van der Waals surface area (Å²) in [6, 6.07) is 0. The van der Waals surface area contributed by atoms with E-state index < -0.39 is 5.97 Å². The Morgan fingerprint density at radius 2 is 1.82 bits per heavy atom.